The maximum atomic E-state index is 14.7. The van der Waals surface area contributed by atoms with Gasteiger partial charge in [0.25, 0.3) is 11.8 Å². The highest BCUT2D eigenvalue weighted by Crippen LogP contribution is 2.45. The highest BCUT2D eigenvalue weighted by atomic mass is 19.4. The number of anilines is 2. The van der Waals surface area contributed by atoms with Crippen LogP contribution in [0, 0.1) is 21.6 Å². The molecule has 7 rings (SSSR count). The summed E-state index contributed by atoms with van der Waals surface area (Å²) in [5, 5.41) is 35.4. The number of hydrogen-bond acceptors (Lipinski definition) is 12. The number of likely N-dealkylation sites (tertiary alicyclic amines) is 4. The van der Waals surface area contributed by atoms with Crippen LogP contribution in [0.2, 0.25) is 0 Å². The molecule has 2 aromatic carbocycles. The molecule has 12 N–H and O–H groups in total. The molecule has 0 aliphatic carbocycles. The van der Waals surface area contributed by atoms with E-state index in [0.29, 0.717) is 38.1 Å². The van der Waals surface area contributed by atoms with E-state index >= 15 is 0 Å². The van der Waals surface area contributed by atoms with E-state index in [1.165, 1.54) is 14.7 Å². The summed E-state index contributed by atoms with van der Waals surface area (Å²) < 4.78 is 112. The minimum absolute atomic E-state index is 0.0338. The number of carbonyl (C=O) groups is 2. The number of hydrogen-bond donors (Lipinski definition) is 9. The average molecular weight is 948 g/mol. The van der Waals surface area contributed by atoms with Gasteiger partial charge in [-0.25, -0.2) is 9.97 Å². The molecule has 0 bridgehead atoms. The fraction of sp³-hybridized carbons (Fsp3) is 0.450. The second-order valence-electron chi connectivity index (χ2n) is 16.1. The van der Waals surface area contributed by atoms with Crippen molar-refractivity contribution in [3.8, 4) is 23.0 Å². The Morgan fingerprint density at radius 2 is 0.940 bits per heavy atom. The number of alkyl halides is 6. The molecule has 2 amide bonds. The molecule has 4 atom stereocenters. The molecule has 67 heavy (non-hydrogen) atoms. The van der Waals surface area contributed by atoms with Gasteiger partial charge in [0.15, 0.2) is 17.9 Å². The molecule has 2 unspecified atom stereocenters. The van der Waals surface area contributed by atoms with E-state index in [9.17, 15) is 35.9 Å². The van der Waals surface area contributed by atoms with Crippen molar-refractivity contribution >= 4 is 47.4 Å². The molecule has 4 aliphatic rings. The number of aromatic nitrogens is 2. The van der Waals surface area contributed by atoms with Crippen molar-refractivity contribution in [2.45, 2.75) is 62.5 Å². The van der Waals surface area contributed by atoms with Crippen molar-refractivity contribution < 1.29 is 54.9 Å². The van der Waals surface area contributed by atoms with Crippen molar-refractivity contribution in [1.82, 2.24) is 29.6 Å². The van der Waals surface area contributed by atoms with Crippen molar-refractivity contribution in [1.29, 1.82) is 21.6 Å². The first-order valence-corrected chi connectivity index (χ1v) is 20.8. The lowest BCUT2D eigenvalue weighted by Gasteiger charge is -2.23. The maximum Gasteiger partial charge on any atom is 0.420 e. The largest absolute Gasteiger partial charge is 0.488 e. The molecular weight excluding hydrogens is 901 g/mol. The summed E-state index contributed by atoms with van der Waals surface area (Å²) in [5.74, 6) is -4.78. The number of ether oxygens (including phenoxy) is 4. The van der Waals surface area contributed by atoms with Gasteiger partial charge < -0.3 is 66.4 Å². The fourth-order valence-corrected chi connectivity index (χ4v) is 7.94. The SMILES string of the molecule is N=CN1CC[C@@H](Oc2cc(O[C@@H]3CCN(C(=N)N)C3)c(C(F)(F)F)cc2NC(=O)c2cc(C(=O)Nc3cc(C(F)(F)F)c(OC4CCN(C(=N)N)C4)cc3OC3CCN(C(=N)N)C3)ncn2)C1. The Morgan fingerprint density at radius 1 is 0.582 bits per heavy atom. The molecule has 0 spiro atoms. The van der Waals surface area contributed by atoms with E-state index in [1.54, 1.807) is 4.90 Å². The molecule has 4 aliphatic heterocycles. The van der Waals surface area contributed by atoms with Crippen LogP contribution in [0.5, 0.6) is 23.0 Å². The molecule has 360 valence electrons. The summed E-state index contributed by atoms with van der Waals surface area (Å²) in [4.78, 5) is 41.3. The van der Waals surface area contributed by atoms with Gasteiger partial charge in [0.2, 0.25) is 0 Å². The van der Waals surface area contributed by atoms with Crippen LogP contribution < -0.4 is 46.8 Å². The average Bonchev–Trinajstić information content (AvgIpc) is 4.10. The van der Waals surface area contributed by atoms with Gasteiger partial charge in [-0.1, -0.05) is 0 Å². The van der Waals surface area contributed by atoms with Gasteiger partial charge in [0.05, 0.1) is 55.0 Å². The normalized spacial score (nSPS) is 20.7. The van der Waals surface area contributed by atoms with Gasteiger partial charge in [-0.2, -0.15) is 26.3 Å². The topological polar surface area (TPSA) is 307 Å². The zero-order chi connectivity index (χ0) is 48.4. The van der Waals surface area contributed by atoms with Crippen LogP contribution in [0.3, 0.4) is 0 Å². The lowest BCUT2D eigenvalue weighted by Crippen LogP contribution is -2.36. The molecular formula is C40H47F6N15O6. The monoisotopic (exact) mass is 947 g/mol. The first-order chi connectivity index (χ1) is 31.6. The highest BCUT2D eigenvalue weighted by Gasteiger charge is 2.40. The molecule has 0 saturated carbocycles. The number of nitrogens with two attached hydrogens (primary N) is 3. The van der Waals surface area contributed by atoms with E-state index in [0.717, 1.165) is 30.9 Å². The van der Waals surface area contributed by atoms with Crippen LogP contribution in [0.15, 0.2) is 36.7 Å². The zero-order valence-corrected chi connectivity index (χ0v) is 35.5. The van der Waals surface area contributed by atoms with Crippen molar-refractivity contribution in [3.63, 3.8) is 0 Å². The minimum Gasteiger partial charge on any atom is -0.488 e. The first-order valence-electron chi connectivity index (χ1n) is 20.8. The van der Waals surface area contributed by atoms with Gasteiger partial charge in [0.1, 0.15) is 65.1 Å². The van der Waals surface area contributed by atoms with Crippen LogP contribution in [0.25, 0.3) is 0 Å². The molecule has 4 fully saturated rings. The van der Waals surface area contributed by atoms with Crippen LogP contribution >= 0.6 is 0 Å². The predicted molar refractivity (Wildman–Crippen MR) is 228 cm³/mol. The van der Waals surface area contributed by atoms with Gasteiger partial charge in [-0.15, -0.1) is 0 Å². The molecule has 4 saturated heterocycles. The number of nitrogens with one attached hydrogen (secondary N) is 6. The Kier molecular flexibility index (Phi) is 13.6. The second kappa shape index (κ2) is 19.2. The van der Waals surface area contributed by atoms with Crippen molar-refractivity contribution in [2.75, 3.05) is 63.0 Å². The Labute approximate surface area is 377 Å². The van der Waals surface area contributed by atoms with Crippen LogP contribution in [0.1, 0.15) is 57.8 Å². The summed E-state index contributed by atoms with van der Waals surface area (Å²) in [7, 11) is 0. The molecule has 0 radical (unpaired) electrons. The summed E-state index contributed by atoms with van der Waals surface area (Å²) in [6, 6.07) is 4.06. The molecule has 21 nitrogen and oxygen atoms in total. The van der Waals surface area contributed by atoms with Crippen LogP contribution in [-0.4, -0.2) is 142 Å². The van der Waals surface area contributed by atoms with E-state index in [4.69, 9.17) is 57.8 Å². The molecule has 5 heterocycles. The minimum atomic E-state index is -5.02. The number of rotatable bonds is 13. The predicted octanol–water partition coefficient (Wildman–Crippen LogP) is 3.12. The Balaban J connectivity index is 1.17. The summed E-state index contributed by atoms with van der Waals surface area (Å²) >= 11 is 0. The summed E-state index contributed by atoms with van der Waals surface area (Å²) in [6.45, 7) is 1.63. The highest BCUT2D eigenvalue weighted by molar-refractivity contribution is 6.08. The number of guanidine groups is 3. The van der Waals surface area contributed by atoms with Gasteiger partial charge in [-0.3, -0.25) is 31.2 Å². The number of halogens is 6. The zero-order valence-electron chi connectivity index (χ0n) is 35.5. The molecule has 27 heteroatoms. The molecule has 3 aromatic rings. The third kappa shape index (κ3) is 11.3. The number of amides is 2. The summed E-state index contributed by atoms with van der Waals surface area (Å²) in [5.41, 5.74) is 12.2. The lowest BCUT2D eigenvalue weighted by atomic mass is 10.1. The van der Waals surface area contributed by atoms with E-state index in [-0.39, 0.29) is 81.5 Å². The van der Waals surface area contributed by atoms with Gasteiger partial charge in [-0.05, 0) is 12.1 Å². The van der Waals surface area contributed by atoms with Crippen molar-refractivity contribution in [2.24, 2.45) is 17.2 Å². The van der Waals surface area contributed by atoms with Gasteiger partial charge in [0, 0.05) is 70.1 Å². The number of benzene rings is 2. The second-order valence-corrected chi connectivity index (χ2v) is 16.1. The number of nitrogens with zero attached hydrogens (tertiary/aromatic N) is 6. The third-order valence-electron chi connectivity index (χ3n) is 11.4. The van der Waals surface area contributed by atoms with E-state index in [2.05, 4.69) is 20.6 Å². The van der Waals surface area contributed by atoms with E-state index in [1.807, 2.05) is 0 Å². The lowest BCUT2D eigenvalue weighted by molar-refractivity contribution is -0.140. The van der Waals surface area contributed by atoms with Gasteiger partial charge >= 0.3 is 12.4 Å². The third-order valence-corrected chi connectivity index (χ3v) is 11.4. The maximum absolute atomic E-state index is 14.7. The van der Waals surface area contributed by atoms with Crippen LogP contribution in [0.4, 0.5) is 37.7 Å². The number of carbonyl (C=O) groups excluding carboxylic acids is 2. The Bertz CT molecular complexity index is 2430. The van der Waals surface area contributed by atoms with Crippen molar-refractivity contribution in [3.05, 3.63) is 59.2 Å². The Hall–Kier alpha value is -7.48. The smallest absolute Gasteiger partial charge is 0.420 e. The molecule has 1 aromatic heterocycles. The summed E-state index contributed by atoms with van der Waals surface area (Å²) in [6.07, 6.45) is -9.85. The standard InChI is InChI=1S/C40H47F6N15O6/c41-39(42,43)24-9-26(32(66-20-1-5-58(14-20)18-47)12-30(24)64-21-2-6-59(15-21)36(48)49)56-34(62)28-11-29(55-19-54-28)35(63)57-27-10-25(40(44,45)46)31(65-22-3-7-60(16-22)37(50)51)13-33(27)67-23-4-8-61(17-23)38(52)53/h9-13,18-23,47H,1-8,14-17H2,(H3,48,49)(H3,50,51)(H3,52,53)(H,56,62)(H,57,63)/t20-,21-,22?,23?/m1/s1. The quantitative estimate of drug-likeness (QED) is 0.0676. The van der Waals surface area contributed by atoms with Crippen LogP contribution in [-0.2, 0) is 12.4 Å². The fourth-order valence-electron chi connectivity index (χ4n) is 7.94. The van der Waals surface area contributed by atoms with E-state index < -0.39 is 94.0 Å². The first kappa shape index (κ1) is 47.5. The Morgan fingerprint density at radius 3 is 1.27 bits per heavy atom.